The van der Waals surface area contributed by atoms with Crippen molar-refractivity contribution in [3.05, 3.63) is 29.3 Å². The summed E-state index contributed by atoms with van der Waals surface area (Å²) in [6.45, 7) is 5.12. The molecule has 1 heterocycles. The zero-order valence-corrected chi connectivity index (χ0v) is 8.79. The van der Waals surface area contributed by atoms with Crippen LogP contribution in [0.1, 0.15) is 43.4 Å². The highest BCUT2D eigenvalue weighted by Crippen LogP contribution is 2.32. The Kier molecular flexibility index (Phi) is 2.46. The lowest BCUT2D eigenvalue weighted by atomic mass is 9.96. The molecule has 0 saturated heterocycles. The Morgan fingerprint density at radius 2 is 2.21 bits per heavy atom. The van der Waals surface area contributed by atoms with Gasteiger partial charge in [0.15, 0.2) is 0 Å². The van der Waals surface area contributed by atoms with Crippen LogP contribution in [-0.2, 0) is 0 Å². The quantitative estimate of drug-likeness (QED) is 0.740. The van der Waals surface area contributed by atoms with E-state index in [0.717, 1.165) is 24.3 Å². The molecule has 1 unspecified atom stereocenters. The van der Waals surface area contributed by atoms with E-state index >= 15 is 0 Å². The Hall–Kier alpha value is -1.02. The molecule has 1 aliphatic heterocycles. The van der Waals surface area contributed by atoms with Crippen LogP contribution in [0, 0.1) is 0 Å². The molecule has 2 nitrogen and oxygen atoms in total. The molecule has 2 rings (SSSR count). The van der Waals surface area contributed by atoms with Gasteiger partial charge >= 0.3 is 0 Å². The Labute approximate surface area is 85.1 Å². The zero-order chi connectivity index (χ0) is 10.1. The van der Waals surface area contributed by atoms with Crippen molar-refractivity contribution in [3.63, 3.8) is 0 Å². The summed E-state index contributed by atoms with van der Waals surface area (Å²) in [6.07, 6.45) is 0.925. The van der Waals surface area contributed by atoms with E-state index in [1.807, 2.05) is 0 Å². The molecule has 0 spiro atoms. The molecule has 0 saturated carbocycles. The van der Waals surface area contributed by atoms with Gasteiger partial charge in [-0.15, -0.1) is 0 Å². The van der Waals surface area contributed by atoms with E-state index in [4.69, 9.17) is 10.5 Å². The molecule has 76 valence electrons. The molecule has 0 fully saturated rings. The van der Waals surface area contributed by atoms with Gasteiger partial charge in [0.25, 0.3) is 0 Å². The van der Waals surface area contributed by atoms with Crippen molar-refractivity contribution in [2.24, 2.45) is 5.73 Å². The summed E-state index contributed by atoms with van der Waals surface area (Å²) in [5.74, 6) is 1.53. The number of fused-ring (bicyclic) bond motifs is 1. The van der Waals surface area contributed by atoms with E-state index < -0.39 is 0 Å². The predicted molar refractivity (Wildman–Crippen MR) is 57.6 cm³/mol. The van der Waals surface area contributed by atoms with Crippen LogP contribution in [0.15, 0.2) is 18.2 Å². The van der Waals surface area contributed by atoms with Gasteiger partial charge in [0.05, 0.1) is 6.61 Å². The molecule has 2 N–H and O–H groups in total. The van der Waals surface area contributed by atoms with E-state index in [9.17, 15) is 0 Å². The van der Waals surface area contributed by atoms with Crippen LogP contribution in [0.2, 0.25) is 0 Å². The summed E-state index contributed by atoms with van der Waals surface area (Å²) in [7, 11) is 0. The second-order valence-electron chi connectivity index (χ2n) is 4.20. The van der Waals surface area contributed by atoms with Crippen molar-refractivity contribution in [3.8, 4) is 5.75 Å². The summed E-state index contributed by atoms with van der Waals surface area (Å²) in [5.41, 5.74) is 8.46. The number of hydrogen-bond acceptors (Lipinski definition) is 2. The first-order valence-electron chi connectivity index (χ1n) is 5.20. The summed E-state index contributed by atoms with van der Waals surface area (Å²) >= 11 is 0. The van der Waals surface area contributed by atoms with Crippen LogP contribution in [0.25, 0.3) is 0 Å². The number of nitrogens with two attached hydrogens (primary N) is 1. The molecule has 1 aromatic rings. The Bertz CT molecular complexity index is 333. The SMILES string of the molecule is CC(C)c1ccc2c(c1)OCCC2N. The Morgan fingerprint density at radius 3 is 2.93 bits per heavy atom. The predicted octanol–water partition coefficient (Wildman–Crippen LogP) is 2.59. The second kappa shape index (κ2) is 3.62. The minimum absolute atomic E-state index is 0.153. The fourth-order valence-electron chi connectivity index (χ4n) is 1.79. The lowest BCUT2D eigenvalue weighted by Gasteiger charge is -2.23. The first kappa shape index (κ1) is 9.53. The van der Waals surface area contributed by atoms with E-state index in [1.54, 1.807) is 0 Å². The van der Waals surface area contributed by atoms with Gasteiger partial charge in [-0.1, -0.05) is 26.0 Å². The average Bonchev–Trinajstić information content (AvgIpc) is 2.17. The van der Waals surface area contributed by atoms with Crippen molar-refractivity contribution < 1.29 is 4.74 Å². The lowest BCUT2D eigenvalue weighted by molar-refractivity contribution is 0.268. The fraction of sp³-hybridized carbons (Fsp3) is 0.500. The molecule has 0 bridgehead atoms. The largest absolute Gasteiger partial charge is 0.493 e. The maximum atomic E-state index is 5.99. The molecule has 0 amide bonds. The van der Waals surface area contributed by atoms with Gasteiger partial charge in [-0.05, 0) is 17.5 Å². The monoisotopic (exact) mass is 191 g/mol. The minimum atomic E-state index is 0.153. The van der Waals surface area contributed by atoms with Crippen LogP contribution in [0.5, 0.6) is 5.75 Å². The molecular weight excluding hydrogens is 174 g/mol. The Morgan fingerprint density at radius 1 is 1.43 bits per heavy atom. The van der Waals surface area contributed by atoms with Gasteiger partial charge < -0.3 is 10.5 Å². The van der Waals surface area contributed by atoms with Gasteiger partial charge in [0, 0.05) is 18.0 Å². The fourth-order valence-corrected chi connectivity index (χ4v) is 1.79. The first-order chi connectivity index (χ1) is 6.68. The van der Waals surface area contributed by atoms with Gasteiger partial charge in [0.2, 0.25) is 0 Å². The van der Waals surface area contributed by atoms with Crippen molar-refractivity contribution in [2.75, 3.05) is 6.61 Å². The molecule has 0 aromatic heterocycles. The maximum absolute atomic E-state index is 5.99. The molecule has 2 heteroatoms. The number of hydrogen-bond donors (Lipinski definition) is 1. The lowest BCUT2D eigenvalue weighted by Crippen LogP contribution is -2.20. The highest BCUT2D eigenvalue weighted by atomic mass is 16.5. The van der Waals surface area contributed by atoms with Crippen LogP contribution in [0.3, 0.4) is 0 Å². The highest BCUT2D eigenvalue weighted by molar-refractivity contribution is 5.41. The van der Waals surface area contributed by atoms with Crippen molar-refractivity contribution in [2.45, 2.75) is 32.2 Å². The topological polar surface area (TPSA) is 35.2 Å². The Balaban J connectivity index is 2.39. The van der Waals surface area contributed by atoms with Gasteiger partial charge in [-0.2, -0.15) is 0 Å². The molecular formula is C12H17NO. The van der Waals surface area contributed by atoms with Gasteiger partial charge in [-0.25, -0.2) is 0 Å². The highest BCUT2D eigenvalue weighted by Gasteiger charge is 2.18. The average molecular weight is 191 g/mol. The third-order valence-electron chi connectivity index (χ3n) is 2.79. The van der Waals surface area contributed by atoms with E-state index in [1.165, 1.54) is 5.56 Å². The van der Waals surface area contributed by atoms with Crippen LogP contribution in [0.4, 0.5) is 0 Å². The van der Waals surface area contributed by atoms with Gasteiger partial charge in [-0.3, -0.25) is 0 Å². The molecule has 1 atom stereocenters. The number of ether oxygens (including phenoxy) is 1. The molecule has 0 aliphatic carbocycles. The first-order valence-corrected chi connectivity index (χ1v) is 5.20. The summed E-state index contributed by atoms with van der Waals surface area (Å²) < 4.78 is 5.60. The molecule has 1 aliphatic rings. The van der Waals surface area contributed by atoms with Crippen LogP contribution < -0.4 is 10.5 Å². The summed E-state index contributed by atoms with van der Waals surface area (Å²) in [5, 5.41) is 0. The van der Waals surface area contributed by atoms with E-state index in [-0.39, 0.29) is 6.04 Å². The molecule has 1 aromatic carbocycles. The number of benzene rings is 1. The third kappa shape index (κ3) is 1.62. The van der Waals surface area contributed by atoms with Crippen molar-refractivity contribution in [1.82, 2.24) is 0 Å². The minimum Gasteiger partial charge on any atom is -0.493 e. The normalized spacial score (nSPS) is 20.4. The summed E-state index contributed by atoms with van der Waals surface area (Å²) in [4.78, 5) is 0. The smallest absolute Gasteiger partial charge is 0.124 e. The molecule has 0 radical (unpaired) electrons. The van der Waals surface area contributed by atoms with Crippen molar-refractivity contribution >= 4 is 0 Å². The third-order valence-corrected chi connectivity index (χ3v) is 2.79. The number of rotatable bonds is 1. The van der Waals surface area contributed by atoms with E-state index in [2.05, 4.69) is 32.0 Å². The second-order valence-corrected chi connectivity index (χ2v) is 4.20. The maximum Gasteiger partial charge on any atom is 0.124 e. The van der Waals surface area contributed by atoms with Crippen LogP contribution >= 0.6 is 0 Å². The standard InChI is InChI=1S/C12H17NO/c1-8(2)9-3-4-10-11(13)5-6-14-12(10)7-9/h3-4,7-8,11H,5-6,13H2,1-2H3. The summed E-state index contributed by atoms with van der Waals surface area (Å²) in [6, 6.07) is 6.53. The van der Waals surface area contributed by atoms with E-state index in [0.29, 0.717) is 5.92 Å². The zero-order valence-electron chi connectivity index (χ0n) is 8.79. The van der Waals surface area contributed by atoms with Gasteiger partial charge in [0.1, 0.15) is 5.75 Å². The van der Waals surface area contributed by atoms with Crippen LogP contribution in [-0.4, -0.2) is 6.61 Å². The van der Waals surface area contributed by atoms with Crippen molar-refractivity contribution in [1.29, 1.82) is 0 Å². The molecule has 14 heavy (non-hydrogen) atoms.